The average molecular weight is 315 g/mol. The van der Waals surface area contributed by atoms with Crippen LogP contribution in [0.1, 0.15) is 36.4 Å². The lowest BCUT2D eigenvalue weighted by molar-refractivity contribution is -0.129. The van der Waals surface area contributed by atoms with Gasteiger partial charge in [0.15, 0.2) is 6.10 Å². The molecule has 1 aromatic heterocycles. The second-order valence-corrected chi connectivity index (χ2v) is 5.46. The smallest absolute Gasteiger partial charge is 0.374 e. The van der Waals surface area contributed by atoms with E-state index in [1.165, 1.54) is 17.9 Å². The molecule has 2 atom stereocenters. The van der Waals surface area contributed by atoms with Crippen LogP contribution in [-0.4, -0.2) is 24.0 Å². The average Bonchev–Trinajstić information content (AvgIpc) is 3.08. The summed E-state index contributed by atoms with van der Waals surface area (Å²) in [5.41, 5.74) is 1.23. The summed E-state index contributed by atoms with van der Waals surface area (Å²) < 4.78 is 10.0. The van der Waals surface area contributed by atoms with Gasteiger partial charge >= 0.3 is 5.97 Å². The number of ether oxygens (including phenoxy) is 1. The van der Waals surface area contributed by atoms with Crippen LogP contribution < -0.4 is 5.32 Å². The lowest BCUT2D eigenvalue weighted by atomic mass is 10.1. The number of aryl methyl sites for hydroxylation is 1. The van der Waals surface area contributed by atoms with Crippen molar-refractivity contribution in [2.45, 2.75) is 38.8 Å². The van der Waals surface area contributed by atoms with Gasteiger partial charge in [-0.25, -0.2) is 4.79 Å². The maximum atomic E-state index is 12.1. The van der Waals surface area contributed by atoms with Crippen LogP contribution in [0.15, 0.2) is 53.1 Å². The van der Waals surface area contributed by atoms with E-state index in [0.29, 0.717) is 0 Å². The quantitative estimate of drug-likeness (QED) is 0.798. The van der Waals surface area contributed by atoms with Gasteiger partial charge in [0.25, 0.3) is 5.91 Å². The number of nitrogens with one attached hydrogen (secondary N) is 1. The first-order valence-electron chi connectivity index (χ1n) is 7.65. The van der Waals surface area contributed by atoms with E-state index < -0.39 is 12.1 Å². The van der Waals surface area contributed by atoms with Crippen LogP contribution in [0.25, 0.3) is 0 Å². The minimum atomic E-state index is -0.869. The second kappa shape index (κ2) is 8.17. The van der Waals surface area contributed by atoms with Gasteiger partial charge in [0.1, 0.15) is 0 Å². The summed E-state index contributed by atoms with van der Waals surface area (Å²) in [6, 6.07) is 13.2. The van der Waals surface area contributed by atoms with E-state index in [4.69, 9.17) is 9.15 Å². The molecular weight excluding hydrogens is 294 g/mol. The topological polar surface area (TPSA) is 68.5 Å². The molecule has 1 amide bonds. The van der Waals surface area contributed by atoms with Gasteiger partial charge < -0.3 is 14.5 Å². The highest BCUT2D eigenvalue weighted by atomic mass is 16.6. The fourth-order valence-corrected chi connectivity index (χ4v) is 2.13. The number of furan rings is 1. The fraction of sp³-hybridized carbons (Fsp3) is 0.333. The maximum absolute atomic E-state index is 12.1. The molecule has 23 heavy (non-hydrogen) atoms. The van der Waals surface area contributed by atoms with Crippen LogP contribution >= 0.6 is 0 Å². The molecule has 0 fully saturated rings. The number of hydrogen-bond donors (Lipinski definition) is 1. The minimum Gasteiger partial charge on any atom is -0.457 e. The summed E-state index contributed by atoms with van der Waals surface area (Å²) in [4.78, 5) is 23.8. The Morgan fingerprint density at radius 3 is 2.52 bits per heavy atom. The van der Waals surface area contributed by atoms with Crippen molar-refractivity contribution in [2.75, 3.05) is 0 Å². The first-order chi connectivity index (χ1) is 11.1. The SMILES string of the molecule is C[C@H](CCc1ccccc1)NC(=O)[C@@H](C)OC(=O)c1ccco1. The summed E-state index contributed by atoms with van der Waals surface area (Å²) >= 11 is 0. The molecule has 0 radical (unpaired) electrons. The zero-order valence-electron chi connectivity index (χ0n) is 13.3. The van der Waals surface area contributed by atoms with Gasteiger partial charge in [0.2, 0.25) is 5.76 Å². The monoisotopic (exact) mass is 315 g/mol. The molecule has 0 unspecified atom stereocenters. The summed E-state index contributed by atoms with van der Waals surface area (Å²) in [5, 5.41) is 2.85. The molecule has 0 bridgehead atoms. The Bertz CT molecular complexity index is 622. The molecule has 0 spiro atoms. The van der Waals surface area contributed by atoms with E-state index in [9.17, 15) is 9.59 Å². The van der Waals surface area contributed by atoms with E-state index >= 15 is 0 Å². The van der Waals surface area contributed by atoms with Crippen molar-refractivity contribution in [1.82, 2.24) is 5.32 Å². The molecule has 5 nitrogen and oxygen atoms in total. The fourth-order valence-electron chi connectivity index (χ4n) is 2.13. The highest BCUT2D eigenvalue weighted by molar-refractivity contribution is 5.89. The summed E-state index contributed by atoms with van der Waals surface area (Å²) in [5.74, 6) is -0.873. The molecular formula is C18H21NO4. The molecule has 0 aliphatic carbocycles. The Morgan fingerprint density at radius 2 is 1.87 bits per heavy atom. The van der Waals surface area contributed by atoms with Crippen LogP contribution in [0.3, 0.4) is 0 Å². The van der Waals surface area contributed by atoms with Crippen molar-refractivity contribution in [3.8, 4) is 0 Å². The van der Waals surface area contributed by atoms with Crippen LogP contribution in [0, 0.1) is 0 Å². The van der Waals surface area contributed by atoms with Crippen molar-refractivity contribution in [3.63, 3.8) is 0 Å². The molecule has 2 aromatic rings. The Labute approximate surface area is 135 Å². The van der Waals surface area contributed by atoms with Crippen LogP contribution in [0.5, 0.6) is 0 Å². The van der Waals surface area contributed by atoms with Crippen molar-refractivity contribution >= 4 is 11.9 Å². The van der Waals surface area contributed by atoms with Crippen molar-refractivity contribution < 1.29 is 18.7 Å². The first kappa shape index (κ1) is 16.8. The van der Waals surface area contributed by atoms with E-state index in [2.05, 4.69) is 17.4 Å². The first-order valence-corrected chi connectivity index (χ1v) is 7.65. The number of esters is 1. The second-order valence-electron chi connectivity index (χ2n) is 5.46. The normalized spacial score (nSPS) is 13.1. The van der Waals surface area contributed by atoms with E-state index in [1.807, 2.05) is 25.1 Å². The number of amides is 1. The minimum absolute atomic E-state index is 0.00697. The largest absolute Gasteiger partial charge is 0.457 e. The molecule has 5 heteroatoms. The van der Waals surface area contributed by atoms with Gasteiger partial charge in [-0.05, 0) is 44.4 Å². The molecule has 0 saturated carbocycles. The lowest BCUT2D eigenvalue weighted by Gasteiger charge is -2.17. The lowest BCUT2D eigenvalue weighted by Crippen LogP contribution is -2.41. The zero-order valence-corrected chi connectivity index (χ0v) is 13.3. The van der Waals surface area contributed by atoms with Crippen molar-refractivity contribution in [3.05, 3.63) is 60.1 Å². The van der Waals surface area contributed by atoms with Crippen LogP contribution in [0.4, 0.5) is 0 Å². The van der Waals surface area contributed by atoms with E-state index in [0.717, 1.165) is 12.8 Å². The van der Waals surface area contributed by atoms with Crippen molar-refractivity contribution in [1.29, 1.82) is 0 Å². The third-order valence-electron chi connectivity index (χ3n) is 3.47. The molecule has 122 valence electrons. The van der Waals surface area contributed by atoms with E-state index in [-0.39, 0.29) is 17.7 Å². The summed E-state index contributed by atoms with van der Waals surface area (Å²) in [7, 11) is 0. The van der Waals surface area contributed by atoms with Gasteiger partial charge in [0, 0.05) is 6.04 Å². The number of carbonyl (C=O) groups is 2. The molecule has 1 heterocycles. The highest BCUT2D eigenvalue weighted by Gasteiger charge is 2.21. The third kappa shape index (κ3) is 5.29. The standard InChI is InChI=1S/C18H21NO4/c1-13(10-11-15-7-4-3-5-8-15)19-17(20)14(2)23-18(21)16-9-6-12-22-16/h3-9,12-14H,10-11H2,1-2H3,(H,19,20)/t13-,14-/m1/s1. The van der Waals surface area contributed by atoms with Crippen molar-refractivity contribution in [2.24, 2.45) is 0 Å². The van der Waals surface area contributed by atoms with E-state index in [1.54, 1.807) is 13.0 Å². The molecule has 0 aliphatic heterocycles. The number of benzene rings is 1. The van der Waals surface area contributed by atoms with Gasteiger partial charge in [-0.1, -0.05) is 30.3 Å². The molecule has 0 saturated heterocycles. The predicted octanol–water partition coefficient (Wildman–Crippen LogP) is 2.96. The maximum Gasteiger partial charge on any atom is 0.374 e. The Hall–Kier alpha value is -2.56. The molecule has 1 aromatic carbocycles. The summed E-state index contributed by atoms with van der Waals surface area (Å²) in [6.07, 6.45) is 2.21. The molecule has 1 N–H and O–H groups in total. The summed E-state index contributed by atoms with van der Waals surface area (Å²) in [6.45, 7) is 3.47. The number of carbonyl (C=O) groups excluding carboxylic acids is 2. The number of hydrogen-bond acceptors (Lipinski definition) is 4. The van der Waals surface area contributed by atoms with Crippen LogP contribution in [0.2, 0.25) is 0 Å². The Morgan fingerprint density at radius 1 is 1.13 bits per heavy atom. The van der Waals surface area contributed by atoms with Gasteiger partial charge in [0.05, 0.1) is 6.26 Å². The highest BCUT2D eigenvalue weighted by Crippen LogP contribution is 2.07. The van der Waals surface area contributed by atoms with Gasteiger partial charge in [-0.15, -0.1) is 0 Å². The Kier molecular flexibility index (Phi) is 5.97. The van der Waals surface area contributed by atoms with Crippen LogP contribution in [-0.2, 0) is 16.0 Å². The van der Waals surface area contributed by atoms with Gasteiger partial charge in [-0.3, -0.25) is 4.79 Å². The Balaban J connectivity index is 1.75. The number of rotatable bonds is 7. The predicted molar refractivity (Wildman–Crippen MR) is 86.0 cm³/mol. The molecule has 2 rings (SSSR count). The molecule has 0 aliphatic rings. The van der Waals surface area contributed by atoms with Gasteiger partial charge in [-0.2, -0.15) is 0 Å². The zero-order chi connectivity index (χ0) is 16.7. The third-order valence-corrected chi connectivity index (χ3v) is 3.47.